The Kier molecular flexibility index (Phi) is 4.54. The second kappa shape index (κ2) is 5.98. The minimum atomic E-state index is -0.167. The summed E-state index contributed by atoms with van der Waals surface area (Å²) in [5, 5.41) is 7.37. The van der Waals surface area contributed by atoms with Crippen LogP contribution in [0.5, 0.6) is 0 Å². The van der Waals surface area contributed by atoms with Crippen LogP contribution in [0.25, 0.3) is 0 Å². The number of hydrogen-bond acceptors (Lipinski definition) is 6. The first-order valence-corrected chi connectivity index (χ1v) is 6.78. The van der Waals surface area contributed by atoms with E-state index in [4.69, 9.17) is 14.0 Å². The van der Waals surface area contributed by atoms with Crippen molar-refractivity contribution in [3.63, 3.8) is 0 Å². The number of aromatic nitrogens is 2. The molecule has 0 aromatic carbocycles. The molecule has 0 spiro atoms. The third kappa shape index (κ3) is 3.52. The topological polar surface area (TPSA) is 69.4 Å². The zero-order valence-electron chi connectivity index (χ0n) is 12.1. The summed E-state index contributed by atoms with van der Waals surface area (Å²) in [5.41, 5.74) is -0.0757. The molecule has 19 heavy (non-hydrogen) atoms. The van der Waals surface area contributed by atoms with Crippen molar-refractivity contribution in [1.29, 1.82) is 0 Å². The lowest BCUT2D eigenvalue weighted by Gasteiger charge is -2.27. The van der Waals surface area contributed by atoms with Crippen LogP contribution in [0.3, 0.4) is 0 Å². The van der Waals surface area contributed by atoms with Crippen LogP contribution in [-0.4, -0.2) is 36.5 Å². The van der Waals surface area contributed by atoms with Gasteiger partial charge in [-0.15, -0.1) is 0 Å². The van der Waals surface area contributed by atoms with Crippen LogP contribution in [0.4, 0.5) is 0 Å². The van der Waals surface area contributed by atoms with Gasteiger partial charge in [0.25, 0.3) is 0 Å². The Balaban J connectivity index is 2.13. The van der Waals surface area contributed by atoms with Gasteiger partial charge in [-0.3, -0.25) is 0 Å². The van der Waals surface area contributed by atoms with Crippen LogP contribution >= 0.6 is 0 Å². The van der Waals surface area contributed by atoms with E-state index in [0.29, 0.717) is 24.9 Å². The Hall–Kier alpha value is -0.980. The molecule has 2 atom stereocenters. The average molecular weight is 269 g/mol. The van der Waals surface area contributed by atoms with Crippen molar-refractivity contribution in [1.82, 2.24) is 15.5 Å². The molecule has 0 aliphatic carbocycles. The first-order chi connectivity index (χ1) is 9.02. The van der Waals surface area contributed by atoms with Crippen LogP contribution < -0.4 is 5.32 Å². The lowest BCUT2D eigenvalue weighted by molar-refractivity contribution is -0.0203. The van der Waals surface area contributed by atoms with Gasteiger partial charge in [0.15, 0.2) is 0 Å². The molecular weight excluding hydrogens is 246 g/mol. The fourth-order valence-corrected chi connectivity index (χ4v) is 2.10. The van der Waals surface area contributed by atoms with E-state index < -0.39 is 0 Å². The fraction of sp³-hybridized carbons (Fsp3) is 0.846. The summed E-state index contributed by atoms with van der Waals surface area (Å²) in [7, 11) is 0. The van der Waals surface area contributed by atoms with Gasteiger partial charge < -0.3 is 19.3 Å². The smallest absolute Gasteiger partial charge is 0.246 e. The van der Waals surface area contributed by atoms with E-state index in [2.05, 4.69) is 36.2 Å². The molecule has 1 N–H and O–H groups in total. The Morgan fingerprint density at radius 1 is 1.47 bits per heavy atom. The van der Waals surface area contributed by atoms with E-state index in [9.17, 15) is 0 Å². The molecule has 0 amide bonds. The fourth-order valence-electron chi connectivity index (χ4n) is 2.10. The van der Waals surface area contributed by atoms with Crippen molar-refractivity contribution in [2.45, 2.75) is 39.8 Å². The second-order valence-electron chi connectivity index (χ2n) is 5.77. The highest BCUT2D eigenvalue weighted by molar-refractivity contribution is 5.00. The van der Waals surface area contributed by atoms with E-state index >= 15 is 0 Å². The van der Waals surface area contributed by atoms with E-state index in [1.165, 1.54) is 0 Å². The predicted octanol–water partition coefficient (Wildman–Crippen LogP) is 1.85. The summed E-state index contributed by atoms with van der Waals surface area (Å²) in [5.74, 6) is 1.18. The van der Waals surface area contributed by atoms with Crippen molar-refractivity contribution in [3.8, 4) is 0 Å². The predicted molar refractivity (Wildman–Crippen MR) is 69.7 cm³/mol. The Morgan fingerprint density at radius 3 is 2.84 bits per heavy atom. The molecule has 108 valence electrons. The van der Waals surface area contributed by atoms with Gasteiger partial charge in [0.2, 0.25) is 11.7 Å². The van der Waals surface area contributed by atoms with Crippen LogP contribution in [0.15, 0.2) is 4.52 Å². The van der Waals surface area contributed by atoms with Crippen LogP contribution in [0, 0.1) is 5.41 Å². The lowest BCUT2D eigenvalue weighted by Crippen LogP contribution is -2.34. The van der Waals surface area contributed by atoms with Crippen LogP contribution in [0.2, 0.25) is 0 Å². The Labute approximate surface area is 113 Å². The maximum atomic E-state index is 5.76. The maximum absolute atomic E-state index is 5.76. The van der Waals surface area contributed by atoms with Gasteiger partial charge in [-0.1, -0.05) is 25.9 Å². The zero-order valence-corrected chi connectivity index (χ0v) is 12.1. The first kappa shape index (κ1) is 14.4. The molecular formula is C13H23N3O3. The standard InChI is InChI=1S/C13H23N3O3/c1-5-18-10(13(2,3)4)11-15-12(19-16-11)9-8-17-7-6-14-9/h9-10,14H,5-8H2,1-4H3. The minimum Gasteiger partial charge on any atom is -0.378 e. The zero-order chi connectivity index (χ0) is 13.9. The summed E-state index contributed by atoms with van der Waals surface area (Å²) >= 11 is 0. The molecule has 1 aliphatic rings. The summed E-state index contributed by atoms with van der Waals surface area (Å²) in [4.78, 5) is 4.47. The summed E-state index contributed by atoms with van der Waals surface area (Å²) < 4.78 is 16.5. The summed E-state index contributed by atoms with van der Waals surface area (Å²) in [6.07, 6.45) is -0.167. The van der Waals surface area contributed by atoms with E-state index in [0.717, 1.165) is 13.2 Å². The van der Waals surface area contributed by atoms with E-state index in [1.54, 1.807) is 0 Å². The number of ether oxygens (including phenoxy) is 2. The monoisotopic (exact) mass is 269 g/mol. The minimum absolute atomic E-state index is 0.0164. The van der Waals surface area contributed by atoms with E-state index in [-0.39, 0.29) is 17.6 Å². The van der Waals surface area contributed by atoms with Crippen LogP contribution in [-0.2, 0) is 9.47 Å². The Bertz CT molecular complexity index is 394. The van der Waals surface area contributed by atoms with Gasteiger partial charge >= 0.3 is 0 Å². The van der Waals surface area contributed by atoms with Crippen LogP contribution in [0.1, 0.15) is 51.6 Å². The van der Waals surface area contributed by atoms with Gasteiger partial charge in [0, 0.05) is 13.2 Å². The highest BCUT2D eigenvalue weighted by Gasteiger charge is 2.32. The highest BCUT2D eigenvalue weighted by Crippen LogP contribution is 2.34. The molecule has 1 aromatic heterocycles. The molecule has 2 heterocycles. The van der Waals surface area contributed by atoms with Gasteiger partial charge in [-0.25, -0.2) is 0 Å². The van der Waals surface area contributed by atoms with Gasteiger partial charge in [-0.2, -0.15) is 4.98 Å². The first-order valence-electron chi connectivity index (χ1n) is 6.78. The average Bonchev–Trinajstić information content (AvgIpc) is 2.84. The summed E-state index contributed by atoms with van der Waals surface area (Å²) in [6.45, 7) is 11.0. The molecule has 0 saturated carbocycles. The molecule has 6 heteroatoms. The van der Waals surface area contributed by atoms with Crippen molar-refractivity contribution in [2.24, 2.45) is 5.41 Å². The molecule has 1 aromatic rings. The Morgan fingerprint density at radius 2 is 2.26 bits per heavy atom. The molecule has 1 aliphatic heterocycles. The number of nitrogens with one attached hydrogen (secondary N) is 1. The highest BCUT2D eigenvalue weighted by atomic mass is 16.5. The third-order valence-electron chi connectivity index (χ3n) is 3.03. The molecule has 1 saturated heterocycles. The van der Waals surface area contributed by atoms with E-state index in [1.807, 2.05) is 6.92 Å². The molecule has 6 nitrogen and oxygen atoms in total. The van der Waals surface area contributed by atoms with Crippen molar-refractivity contribution >= 4 is 0 Å². The number of morpholine rings is 1. The molecule has 2 rings (SSSR count). The molecule has 0 bridgehead atoms. The maximum Gasteiger partial charge on any atom is 0.246 e. The third-order valence-corrected chi connectivity index (χ3v) is 3.03. The molecule has 2 unspecified atom stereocenters. The van der Waals surface area contributed by atoms with Gasteiger partial charge in [-0.05, 0) is 12.3 Å². The SMILES string of the molecule is CCOC(c1noc(C2COCCN2)n1)C(C)(C)C. The molecule has 0 radical (unpaired) electrons. The van der Waals surface area contributed by atoms with Crippen molar-refractivity contribution in [3.05, 3.63) is 11.7 Å². The van der Waals surface area contributed by atoms with Crippen molar-refractivity contribution in [2.75, 3.05) is 26.4 Å². The number of hydrogen-bond donors (Lipinski definition) is 1. The normalized spacial score (nSPS) is 22.4. The number of rotatable bonds is 4. The largest absolute Gasteiger partial charge is 0.378 e. The van der Waals surface area contributed by atoms with Gasteiger partial charge in [0.05, 0.1) is 13.2 Å². The lowest BCUT2D eigenvalue weighted by atomic mass is 9.88. The second-order valence-corrected chi connectivity index (χ2v) is 5.77. The summed E-state index contributed by atoms with van der Waals surface area (Å²) in [6, 6.07) is -0.0164. The van der Waals surface area contributed by atoms with Crippen molar-refractivity contribution < 1.29 is 14.0 Å². The quantitative estimate of drug-likeness (QED) is 0.899. The van der Waals surface area contributed by atoms with Gasteiger partial charge in [0.1, 0.15) is 12.1 Å². The molecule has 1 fully saturated rings. The number of nitrogens with zero attached hydrogens (tertiary/aromatic N) is 2.